The van der Waals surface area contributed by atoms with E-state index in [4.69, 9.17) is 5.11 Å². The van der Waals surface area contributed by atoms with Crippen LogP contribution >= 0.6 is 0 Å². The molecule has 0 unspecified atom stereocenters. The molecule has 0 radical (unpaired) electrons. The van der Waals surface area contributed by atoms with Gasteiger partial charge in [0.25, 0.3) is 0 Å². The summed E-state index contributed by atoms with van der Waals surface area (Å²) in [5.41, 5.74) is 3.17. The van der Waals surface area contributed by atoms with E-state index in [0.717, 1.165) is 0 Å². The van der Waals surface area contributed by atoms with Crippen molar-refractivity contribution < 1.29 is 9.90 Å². The van der Waals surface area contributed by atoms with Gasteiger partial charge in [0.2, 0.25) is 6.41 Å². The molecule has 2 N–H and O–H groups in total. The standard InChI is InChI=1S/C8H10N2O2/c11-6-9-10(7-12)8-4-2-1-3-5-8/h1-5,7,9,11H,6H2. The summed E-state index contributed by atoms with van der Waals surface area (Å²) in [7, 11) is 0. The first-order valence-corrected chi connectivity index (χ1v) is 3.52. The van der Waals surface area contributed by atoms with Crippen molar-refractivity contribution in [2.24, 2.45) is 0 Å². The molecule has 0 saturated carbocycles. The molecular weight excluding hydrogens is 156 g/mol. The topological polar surface area (TPSA) is 52.6 Å². The summed E-state index contributed by atoms with van der Waals surface area (Å²) >= 11 is 0. The number of carbonyl (C=O) groups is 1. The fourth-order valence-electron chi connectivity index (χ4n) is 0.854. The van der Waals surface area contributed by atoms with E-state index < -0.39 is 0 Å². The molecule has 4 nitrogen and oxygen atoms in total. The fourth-order valence-corrected chi connectivity index (χ4v) is 0.854. The molecule has 1 aromatic carbocycles. The normalized spacial score (nSPS) is 9.42. The van der Waals surface area contributed by atoms with Crippen LogP contribution in [0.2, 0.25) is 0 Å². The summed E-state index contributed by atoms with van der Waals surface area (Å²) in [6, 6.07) is 9.00. The maximum absolute atomic E-state index is 10.4. The van der Waals surface area contributed by atoms with E-state index in [1.165, 1.54) is 5.01 Å². The average molecular weight is 166 g/mol. The van der Waals surface area contributed by atoms with Crippen molar-refractivity contribution in [3.63, 3.8) is 0 Å². The molecule has 64 valence electrons. The lowest BCUT2D eigenvalue weighted by atomic mass is 10.3. The summed E-state index contributed by atoms with van der Waals surface area (Å²) in [6.07, 6.45) is 0.603. The number of aliphatic hydroxyl groups is 1. The van der Waals surface area contributed by atoms with Crippen LogP contribution in [-0.2, 0) is 4.79 Å². The molecular formula is C8H10N2O2. The van der Waals surface area contributed by atoms with Crippen LogP contribution in [0.3, 0.4) is 0 Å². The quantitative estimate of drug-likeness (QED) is 0.379. The third-order valence-corrected chi connectivity index (χ3v) is 1.38. The summed E-state index contributed by atoms with van der Waals surface area (Å²) in [5.74, 6) is 0. The van der Waals surface area contributed by atoms with E-state index in [2.05, 4.69) is 5.43 Å². The molecule has 0 saturated heterocycles. The van der Waals surface area contributed by atoms with Crippen molar-refractivity contribution >= 4 is 12.1 Å². The van der Waals surface area contributed by atoms with Crippen LogP contribution in [0.1, 0.15) is 0 Å². The Morgan fingerprint density at radius 2 is 2.08 bits per heavy atom. The number of hydrogen-bond donors (Lipinski definition) is 2. The minimum atomic E-state index is -0.270. The van der Waals surface area contributed by atoms with Gasteiger partial charge in [-0.25, -0.2) is 10.4 Å². The van der Waals surface area contributed by atoms with Crippen LogP contribution < -0.4 is 10.4 Å². The van der Waals surface area contributed by atoms with Gasteiger partial charge in [-0.05, 0) is 12.1 Å². The summed E-state index contributed by atoms with van der Waals surface area (Å²) < 4.78 is 0. The number of nitrogens with one attached hydrogen (secondary N) is 1. The van der Waals surface area contributed by atoms with Crippen molar-refractivity contribution in [2.75, 3.05) is 11.7 Å². The number of nitrogens with zero attached hydrogens (tertiary/aromatic N) is 1. The molecule has 0 bridgehead atoms. The molecule has 0 fully saturated rings. The van der Waals surface area contributed by atoms with Crippen molar-refractivity contribution in [3.8, 4) is 0 Å². The van der Waals surface area contributed by atoms with Crippen molar-refractivity contribution in [2.45, 2.75) is 0 Å². The number of benzene rings is 1. The molecule has 0 aliphatic rings. The van der Waals surface area contributed by atoms with Gasteiger partial charge in [-0.15, -0.1) is 0 Å². The zero-order valence-electron chi connectivity index (χ0n) is 6.47. The summed E-state index contributed by atoms with van der Waals surface area (Å²) in [5, 5.41) is 9.73. The third kappa shape index (κ3) is 2.05. The third-order valence-electron chi connectivity index (χ3n) is 1.38. The molecule has 1 amide bonds. The van der Waals surface area contributed by atoms with Gasteiger partial charge >= 0.3 is 0 Å². The minimum Gasteiger partial charge on any atom is -0.380 e. The molecule has 1 aromatic rings. The van der Waals surface area contributed by atoms with Gasteiger partial charge < -0.3 is 5.11 Å². The van der Waals surface area contributed by atoms with Crippen molar-refractivity contribution in [1.82, 2.24) is 5.43 Å². The van der Waals surface area contributed by atoms with Gasteiger partial charge in [-0.1, -0.05) is 18.2 Å². The second-order valence-corrected chi connectivity index (χ2v) is 2.13. The predicted octanol–water partition coefficient (Wildman–Crippen LogP) is 0.104. The van der Waals surface area contributed by atoms with E-state index in [9.17, 15) is 4.79 Å². The highest BCUT2D eigenvalue weighted by molar-refractivity contribution is 5.73. The molecule has 12 heavy (non-hydrogen) atoms. The van der Waals surface area contributed by atoms with E-state index in [1.54, 1.807) is 12.1 Å². The number of amides is 1. The van der Waals surface area contributed by atoms with E-state index in [0.29, 0.717) is 12.1 Å². The second kappa shape index (κ2) is 4.48. The van der Waals surface area contributed by atoms with E-state index in [-0.39, 0.29) is 6.73 Å². The largest absolute Gasteiger partial charge is 0.380 e. The molecule has 0 heterocycles. The van der Waals surface area contributed by atoms with Crippen LogP contribution in [-0.4, -0.2) is 18.2 Å². The Kier molecular flexibility index (Phi) is 3.25. The van der Waals surface area contributed by atoms with Crippen molar-refractivity contribution in [3.05, 3.63) is 30.3 Å². The number of para-hydroxylation sites is 1. The van der Waals surface area contributed by atoms with Gasteiger partial charge in [0.1, 0.15) is 6.73 Å². The molecule has 0 aromatic heterocycles. The Hall–Kier alpha value is -1.39. The highest BCUT2D eigenvalue weighted by Gasteiger charge is 2.00. The Morgan fingerprint density at radius 1 is 1.42 bits per heavy atom. The smallest absolute Gasteiger partial charge is 0.228 e. The predicted molar refractivity (Wildman–Crippen MR) is 45.2 cm³/mol. The lowest BCUT2D eigenvalue weighted by Crippen LogP contribution is -2.37. The van der Waals surface area contributed by atoms with Gasteiger partial charge in [0.15, 0.2) is 0 Å². The van der Waals surface area contributed by atoms with Gasteiger partial charge in [0, 0.05) is 0 Å². The molecule has 0 aliphatic carbocycles. The monoisotopic (exact) mass is 166 g/mol. The minimum absolute atomic E-state index is 0.270. The first-order valence-electron chi connectivity index (χ1n) is 3.52. The van der Waals surface area contributed by atoms with Crippen LogP contribution in [0.5, 0.6) is 0 Å². The van der Waals surface area contributed by atoms with Gasteiger partial charge in [0.05, 0.1) is 5.69 Å². The highest BCUT2D eigenvalue weighted by Crippen LogP contribution is 2.07. The Balaban J connectivity index is 2.73. The number of anilines is 1. The highest BCUT2D eigenvalue weighted by atomic mass is 16.3. The average Bonchev–Trinajstić information content (AvgIpc) is 2.15. The number of hydrazine groups is 1. The van der Waals surface area contributed by atoms with Crippen LogP contribution in [0.15, 0.2) is 30.3 Å². The zero-order chi connectivity index (χ0) is 8.81. The van der Waals surface area contributed by atoms with Crippen LogP contribution in [0, 0.1) is 0 Å². The number of carbonyl (C=O) groups excluding carboxylic acids is 1. The maximum Gasteiger partial charge on any atom is 0.228 e. The van der Waals surface area contributed by atoms with Gasteiger partial charge in [-0.2, -0.15) is 0 Å². The van der Waals surface area contributed by atoms with Crippen molar-refractivity contribution in [1.29, 1.82) is 0 Å². The Bertz CT molecular complexity index is 238. The molecule has 0 aliphatic heterocycles. The maximum atomic E-state index is 10.4. The first kappa shape index (κ1) is 8.70. The van der Waals surface area contributed by atoms with E-state index >= 15 is 0 Å². The van der Waals surface area contributed by atoms with E-state index in [1.807, 2.05) is 18.2 Å². The second-order valence-electron chi connectivity index (χ2n) is 2.13. The van der Waals surface area contributed by atoms with Gasteiger partial charge in [-0.3, -0.25) is 4.79 Å². The Morgan fingerprint density at radius 3 is 2.58 bits per heavy atom. The fraction of sp³-hybridized carbons (Fsp3) is 0.125. The Labute approximate surface area is 70.4 Å². The molecule has 4 heteroatoms. The summed E-state index contributed by atoms with van der Waals surface area (Å²) in [4.78, 5) is 10.4. The molecule has 0 spiro atoms. The number of hydrogen-bond acceptors (Lipinski definition) is 3. The molecule has 0 atom stereocenters. The zero-order valence-corrected chi connectivity index (χ0v) is 6.47. The number of aliphatic hydroxyl groups excluding tert-OH is 1. The van der Waals surface area contributed by atoms with Crippen LogP contribution in [0.25, 0.3) is 0 Å². The lowest BCUT2D eigenvalue weighted by molar-refractivity contribution is -0.108. The lowest BCUT2D eigenvalue weighted by Gasteiger charge is -2.16. The van der Waals surface area contributed by atoms with Crippen LogP contribution in [0.4, 0.5) is 5.69 Å². The first-order chi connectivity index (χ1) is 5.88. The summed E-state index contributed by atoms with van der Waals surface area (Å²) in [6.45, 7) is -0.270. The molecule has 1 rings (SSSR count). The number of rotatable bonds is 4. The SMILES string of the molecule is O=CN(NCO)c1ccccc1.